The number of aromatic nitrogens is 4. The van der Waals surface area contributed by atoms with Crippen LogP contribution in [-0.2, 0) is 0 Å². The molecule has 0 saturated carbocycles. The lowest BCUT2D eigenvalue weighted by molar-refractivity contribution is 0.370. The number of hydrogen-bond donors (Lipinski definition) is 2. The molecule has 0 aliphatic carbocycles. The smallest absolute Gasteiger partial charge is 0.222 e. The zero-order valence-electron chi connectivity index (χ0n) is 17.3. The number of benzene rings is 2. The van der Waals surface area contributed by atoms with Crippen molar-refractivity contribution in [3.05, 3.63) is 72.9 Å². The molecule has 0 bridgehead atoms. The highest BCUT2D eigenvalue weighted by atomic mass is 32.1. The van der Waals surface area contributed by atoms with Crippen molar-refractivity contribution in [1.29, 1.82) is 0 Å². The number of rotatable bonds is 5. The van der Waals surface area contributed by atoms with Crippen LogP contribution in [0.25, 0.3) is 22.8 Å². The molecule has 1 N–H and O–H groups in total. The number of nitrogens with zero attached hydrogens (tertiary/aromatic N) is 4. The lowest BCUT2D eigenvalue weighted by Gasteiger charge is -2.25. The highest BCUT2D eigenvalue weighted by molar-refractivity contribution is 7.80. The van der Waals surface area contributed by atoms with E-state index in [0.29, 0.717) is 17.5 Å². The van der Waals surface area contributed by atoms with Crippen molar-refractivity contribution >= 4 is 12.6 Å². The van der Waals surface area contributed by atoms with Crippen LogP contribution in [-0.4, -0.2) is 32.6 Å². The number of piperidine rings is 1. The fourth-order valence-corrected chi connectivity index (χ4v) is 4.14. The number of para-hydroxylation sites is 1. The van der Waals surface area contributed by atoms with Gasteiger partial charge in [0.25, 0.3) is 0 Å². The number of ether oxygens (including phenoxy) is 1. The van der Waals surface area contributed by atoms with Crippen LogP contribution in [0.3, 0.4) is 0 Å². The summed E-state index contributed by atoms with van der Waals surface area (Å²) in [5.74, 6) is 1.25. The fraction of sp³-hybridized carbons (Fsp3) is 0.208. The lowest BCUT2D eigenvalue weighted by atomic mass is 10.0. The third-order valence-corrected chi connectivity index (χ3v) is 5.90. The van der Waals surface area contributed by atoms with Crippen molar-refractivity contribution in [3.8, 4) is 34.4 Å². The molecular weight excluding hydrogens is 425 g/mol. The Labute approximate surface area is 190 Å². The van der Waals surface area contributed by atoms with Gasteiger partial charge in [-0.05, 0) is 62.3 Å². The lowest BCUT2D eigenvalue weighted by Crippen LogP contribution is -2.29. The van der Waals surface area contributed by atoms with Crippen LogP contribution in [0.2, 0.25) is 0 Å². The Hall–Kier alpha value is -3.23. The normalized spacial score (nSPS) is 14.4. The molecule has 1 fully saturated rings. The third-order valence-electron chi connectivity index (χ3n) is 5.54. The first-order valence-electron chi connectivity index (χ1n) is 10.5. The molecule has 6 nitrogen and oxygen atoms in total. The monoisotopic (exact) mass is 447 g/mol. The van der Waals surface area contributed by atoms with Gasteiger partial charge in [0.15, 0.2) is 5.82 Å². The van der Waals surface area contributed by atoms with E-state index in [1.54, 1.807) is 24.4 Å². The van der Waals surface area contributed by atoms with E-state index in [4.69, 9.17) is 9.72 Å². The molecule has 5 rings (SSSR count). The first kappa shape index (κ1) is 20.7. The van der Waals surface area contributed by atoms with Gasteiger partial charge in [-0.1, -0.05) is 12.1 Å². The van der Waals surface area contributed by atoms with Gasteiger partial charge in [0, 0.05) is 28.8 Å². The first-order chi connectivity index (χ1) is 15.7. The minimum Gasteiger partial charge on any atom is -0.438 e. The van der Waals surface area contributed by atoms with Gasteiger partial charge in [-0.15, -0.1) is 12.6 Å². The topological polar surface area (TPSA) is 64.9 Å². The summed E-state index contributed by atoms with van der Waals surface area (Å²) >= 11 is 4.45. The Bertz CT molecular complexity index is 1220. The highest BCUT2D eigenvalue weighted by Gasteiger charge is 2.24. The van der Waals surface area contributed by atoms with Crippen molar-refractivity contribution in [3.63, 3.8) is 0 Å². The zero-order chi connectivity index (χ0) is 21.9. The summed E-state index contributed by atoms with van der Waals surface area (Å²) in [5, 5.41) is 3.40. The second-order valence-corrected chi connectivity index (χ2v) is 8.11. The van der Waals surface area contributed by atoms with Gasteiger partial charge >= 0.3 is 0 Å². The van der Waals surface area contributed by atoms with Crippen LogP contribution >= 0.6 is 12.6 Å². The molecule has 8 heteroatoms. The quantitative estimate of drug-likeness (QED) is 0.414. The third kappa shape index (κ3) is 4.24. The number of hydrogen-bond acceptors (Lipinski definition) is 6. The maximum atomic E-state index is 13.5. The summed E-state index contributed by atoms with van der Waals surface area (Å²) in [6, 6.07) is 15.8. The number of thiol groups is 1. The van der Waals surface area contributed by atoms with Crippen LogP contribution in [0.5, 0.6) is 11.6 Å². The fourth-order valence-electron chi connectivity index (χ4n) is 3.93. The molecule has 2 aromatic heterocycles. The minimum atomic E-state index is -0.287. The summed E-state index contributed by atoms with van der Waals surface area (Å²) in [7, 11) is 0. The molecule has 162 valence electrons. The first-order valence-corrected chi connectivity index (χ1v) is 11.0. The van der Waals surface area contributed by atoms with Gasteiger partial charge < -0.3 is 14.6 Å². The average molecular weight is 448 g/mol. The predicted octanol–water partition coefficient (Wildman–Crippen LogP) is 5.15. The molecule has 2 aromatic carbocycles. The van der Waals surface area contributed by atoms with Crippen LogP contribution in [0, 0.1) is 5.82 Å². The van der Waals surface area contributed by atoms with E-state index >= 15 is 0 Å². The summed E-state index contributed by atoms with van der Waals surface area (Å²) in [4.78, 5) is 14.6. The Kier molecular flexibility index (Phi) is 5.87. The second kappa shape index (κ2) is 9.10. The Morgan fingerprint density at radius 3 is 2.56 bits per heavy atom. The van der Waals surface area contributed by atoms with Crippen LogP contribution < -0.4 is 10.1 Å². The van der Waals surface area contributed by atoms with E-state index in [9.17, 15) is 4.39 Å². The van der Waals surface area contributed by atoms with Crippen molar-refractivity contribution in [2.24, 2.45) is 0 Å². The van der Waals surface area contributed by atoms with E-state index in [0.717, 1.165) is 47.8 Å². The number of halogens is 1. The standard InChI is InChI=1S/C24H22FN5OS/c25-17-7-5-16(6-8-17)22-23(30(15-28-22)18-9-12-26-13-10-18)24-27-14-11-21(29-24)31-19-3-1-2-4-20(19)32/h1-8,11,14-15,18,26,32H,9-10,12-13H2. The molecule has 1 saturated heterocycles. The van der Waals surface area contributed by atoms with E-state index < -0.39 is 0 Å². The number of nitrogens with one attached hydrogen (secondary N) is 1. The van der Waals surface area contributed by atoms with Gasteiger partial charge in [-0.2, -0.15) is 4.98 Å². The van der Waals surface area contributed by atoms with Crippen molar-refractivity contribution in [2.75, 3.05) is 13.1 Å². The SMILES string of the molecule is Fc1ccc(-c2ncn(C3CCNCC3)c2-c2nccc(Oc3ccccc3S)n2)cc1. The minimum absolute atomic E-state index is 0.277. The van der Waals surface area contributed by atoms with E-state index in [2.05, 4.69) is 32.5 Å². The molecule has 0 amide bonds. The molecule has 32 heavy (non-hydrogen) atoms. The molecule has 4 aromatic rings. The highest BCUT2D eigenvalue weighted by Crippen LogP contribution is 2.35. The van der Waals surface area contributed by atoms with E-state index in [1.165, 1.54) is 12.1 Å². The van der Waals surface area contributed by atoms with Crippen molar-refractivity contribution in [1.82, 2.24) is 24.8 Å². The molecule has 1 aliphatic rings. The molecular formula is C24H22FN5OS. The molecule has 1 aliphatic heterocycles. The zero-order valence-corrected chi connectivity index (χ0v) is 18.2. The summed E-state index contributed by atoms with van der Waals surface area (Å²) < 4.78 is 21.7. The van der Waals surface area contributed by atoms with Crippen molar-refractivity contribution < 1.29 is 9.13 Å². The Morgan fingerprint density at radius 1 is 1.00 bits per heavy atom. The van der Waals surface area contributed by atoms with Crippen LogP contribution in [0.1, 0.15) is 18.9 Å². The van der Waals surface area contributed by atoms with Gasteiger partial charge in [0.2, 0.25) is 5.88 Å². The van der Waals surface area contributed by atoms with Crippen molar-refractivity contribution in [2.45, 2.75) is 23.8 Å². The predicted molar refractivity (Wildman–Crippen MR) is 124 cm³/mol. The van der Waals surface area contributed by atoms with Crippen LogP contribution in [0.4, 0.5) is 4.39 Å². The maximum absolute atomic E-state index is 13.5. The summed E-state index contributed by atoms with van der Waals surface area (Å²) in [6.45, 7) is 1.88. The molecule has 0 unspecified atom stereocenters. The van der Waals surface area contributed by atoms with Gasteiger partial charge in [-0.25, -0.2) is 14.4 Å². The average Bonchev–Trinajstić information content (AvgIpc) is 3.27. The molecule has 0 spiro atoms. The van der Waals surface area contributed by atoms with Crippen LogP contribution in [0.15, 0.2) is 72.0 Å². The summed E-state index contributed by atoms with van der Waals surface area (Å²) in [5.41, 5.74) is 2.33. The van der Waals surface area contributed by atoms with Gasteiger partial charge in [-0.3, -0.25) is 0 Å². The largest absolute Gasteiger partial charge is 0.438 e. The molecule has 0 radical (unpaired) electrons. The van der Waals surface area contributed by atoms with Gasteiger partial charge in [0.05, 0.1) is 12.0 Å². The van der Waals surface area contributed by atoms with E-state index in [1.807, 2.05) is 30.6 Å². The summed E-state index contributed by atoms with van der Waals surface area (Å²) in [6.07, 6.45) is 5.47. The Balaban J connectivity index is 1.58. The molecule has 3 heterocycles. The Morgan fingerprint density at radius 2 is 1.78 bits per heavy atom. The van der Waals surface area contributed by atoms with Gasteiger partial charge in [0.1, 0.15) is 17.3 Å². The second-order valence-electron chi connectivity index (χ2n) is 7.63. The van der Waals surface area contributed by atoms with E-state index in [-0.39, 0.29) is 11.9 Å². The molecule has 0 atom stereocenters. The number of imidazole rings is 1. The maximum Gasteiger partial charge on any atom is 0.222 e.